The smallest absolute Gasteiger partial charge is 0.417 e. The molecule has 3 rings (SSSR count). The molecule has 0 radical (unpaired) electrons. The summed E-state index contributed by atoms with van der Waals surface area (Å²) in [6.07, 6.45) is 0.791. The summed E-state index contributed by atoms with van der Waals surface area (Å²) in [4.78, 5) is 25.7. The molecule has 4 N–H and O–H groups in total. The van der Waals surface area contributed by atoms with Crippen molar-refractivity contribution in [3.63, 3.8) is 0 Å². The number of benzene rings is 2. The number of carbonyl (C=O) groups is 1. The van der Waals surface area contributed by atoms with E-state index < -0.39 is 11.8 Å². The molecule has 0 atom stereocenters. The second-order valence-corrected chi connectivity index (χ2v) is 5.01. The molecule has 0 saturated carbocycles. The number of nitrogens with one attached hydrogen (secondary N) is 3. The molecule has 0 spiro atoms. The minimum absolute atomic E-state index is 0.00978. The van der Waals surface area contributed by atoms with Crippen LogP contribution in [0.1, 0.15) is 12.5 Å². The van der Waals surface area contributed by atoms with Gasteiger partial charge in [0.2, 0.25) is 0 Å². The number of hydrogen-bond acceptors (Lipinski definition) is 4. The quantitative estimate of drug-likeness (QED) is 0.557. The Labute approximate surface area is 130 Å². The van der Waals surface area contributed by atoms with Gasteiger partial charge in [-0.15, -0.1) is 0 Å². The topological polar surface area (TPSA) is 107 Å². The van der Waals surface area contributed by atoms with Gasteiger partial charge in [-0.25, -0.2) is 9.59 Å². The molecule has 0 unspecified atom stereocenters. The molecule has 0 bridgehead atoms. The molecule has 1 aromatic heterocycles. The van der Waals surface area contributed by atoms with Crippen molar-refractivity contribution in [2.24, 2.45) is 0 Å². The van der Waals surface area contributed by atoms with Crippen LogP contribution in [0, 0.1) is 0 Å². The minimum Gasteiger partial charge on any atom is -0.506 e. The number of aromatic hydroxyl groups is 1. The van der Waals surface area contributed by atoms with E-state index in [0.29, 0.717) is 22.5 Å². The van der Waals surface area contributed by atoms with E-state index in [0.717, 1.165) is 12.0 Å². The van der Waals surface area contributed by atoms with Gasteiger partial charge in [-0.05, 0) is 36.2 Å². The molecular weight excluding hydrogens is 298 g/mol. The molecule has 118 valence electrons. The average Bonchev–Trinajstić information content (AvgIpc) is 2.88. The molecule has 0 aliphatic rings. The van der Waals surface area contributed by atoms with Gasteiger partial charge in [0, 0.05) is 11.8 Å². The zero-order chi connectivity index (χ0) is 16.4. The number of phenols is 1. The van der Waals surface area contributed by atoms with Gasteiger partial charge in [-0.3, -0.25) is 4.98 Å². The fourth-order valence-electron chi connectivity index (χ4n) is 2.21. The Hall–Kier alpha value is -3.22. The van der Waals surface area contributed by atoms with E-state index in [1.807, 2.05) is 6.92 Å². The average molecular weight is 313 g/mol. The number of anilines is 2. The fraction of sp³-hybridized carbons (Fsp3) is 0.125. The molecule has 0 fully saturated rings. The molecule has 2 amide bonds. The Morgan fingerprint density at radius 1 is 1.22 bits per heavy atom. The summed E-state index contributed by atoms with van der Waals surface area (Å²) in [7, 11) is 0. The first-order valence-electron chi connectivity index (χ1n) is 7.08. The van der Waals surface area contributed by atoms with E-state index in [4.69, 9.17) is 4.42 Å². The number of amides is 2. The highest BCUT2D eigenvalue weighted by Crippen LogP contribution is 2.25. The van der Waals surface area contributed by atoms with Crippen LogP contribution in [-0.4, -0.2) is 16.1 Å². The maximum absolute atomic E-state index is 12.0. The number of oxazole rings is 1. The van der Waals surface area contributed by atoms with Gasteiger partial charge in [0.05, 0.1) is 11.2 Å². The molecule has 2 aromatic carbocycles. The van der Waals surface area contributed by atoms with Gasteiger partial charge in [0.25, 0.3) is 0 Å². The number of aromatic nitrogens is 1. The van der Waals surface area contributed by atoms with Crippen LogP contribution in [0.25, 0.3) is 11.1 Å². The lowest BCUT2D eigenvalue weighted by Crippen LogP contribution is -2.19. The third-order valence-electron chi connectivity index (χ3n) is 3.40. The minimum atomic E-state index is -0.553. The van der Waals surface area contributed by atoms with Crippen molar-refractivity contribution in [1.29, 1.82) is 0 Å². The van der Waals surface area contributed by atoms with Gasteiger partial charge >= 0.3 is 11.8 Å². The van der Waals surface area contributed by atoms with Crippen LogP contribution in [0.3, 0.4) is 0 Å². The maximum atomic E-state index is 12.0. The molecule has 0 saturated heterocycles. The van der Waals surface area contributed by atoms with E-state index in [-0.39, 0.29) is 5.75 Å². The first kappa shape index (κ1) is 14.7. The summed E-state index contributed by atoms with van der Waals surface area (Å²) in [5.74, 6) is -0.563. The Bertz CT molecular complexity index is 926. The summed E-state index contributed by atoms with van der Waals surface area (Å²) < 4.78 is 4.93. The van der Waals surface area contributed by atoms with Crippen LogP contribution in [0.15, 0.2) is 45.6 Å². The number of phenolic OH excluding ortho intramolecular Hbond substituents is 1. The normalized spacial score (nSPS) is 10.7. The van der Waals surface area contributed by atoms with Crippen molar-refractivity contribution in [2.45, 2.75) is 13.3 Å². The van der Waals surface area contributed by atoms with E-state index in [1.165, 1.54) is 12.1 Å². The van der Waals surface area contributed by atoms with Crippen molar-refractivity contribution in [2.75, 3.05) is 10.6 Å². The third kappa shape index (κ3) is 3.18. The van der Waals surface area contributed by atoms with Gasteiger partial charge in [0.1, 0.15) is 5.75 Å². The first-order chi connectivity index (χ1) is 11.0. The van der Waals surface area contributed by atoms with Gasteiger partial charge in [0.15, 0.2) is 5.58 Å². The number of fused-ring (bicyclic) bond motifs is 1. The molecule has 7 heteroatoms. The number of hydrogen-bond donors (Lipinski definition) is 4. The summed E-state index contributed by atoms with van der Waals surface area (Å²) in [5.41, 5.74) is 2.69. The second-order valence-electron chi connectivity index (χ2n) is 5.01. The number of aryl methyl sites for hydroxylation is 1. The monoisotopic (exact) mass is 313 g/mol. The fourth-order valence-corrected chi connectivity index (χ4v) is 2.21. The van der Waals surface area contributed by atoms with Crippen molar-refractivity contribution >= 4 is 28.5 Å². The number of carbonyl (C=O) groups excluding carboxylic acids is 1. The first-order valence-corrected chi connectivity index (χ1v) is 7.08. The van der Waals surface area contributed by atoms with Gasteiger partial charge < -0.3 is 20.2 Å². The van der Waals surface area contributed by atoms with E-state index >= 15 is 0 Å². The number of urea groups is 1. The molecule has 3 aromatic rings. The lowest BCUT2D eigenvalue weighted by Gasteiger charge is -2.10. The summed E-state index contributed by atoms with van der Waals surface area (Å²) in [5, 5.41) is 15.0. The summed E-state index contributed by atoms with van der Waals surface area (Å²) >= 11 is 0. The van der Waals surface area contributed by atoms with Crippen molar-refractivity contribution < 1.29 is 14.3 Å². The highest BCUT2D eigenvalue weighted by molar-refractivity contribution is 6.01. The van der Waals surface area contributed by atoms with Crippen LogP contribution >= 0.6 is 0 Å². The van der Waals surface area contributed by atoms with Crippen molar-refractivity contribution in [1.82, 2.24) is 4.98 Å². The van der Waals surface area contributed by atoms with Crippen molar-refractivity contribution in [3.05, 3.63) is 52.5 Å². The third-order valence-corrected chi connectivity index (χ3v) is 3.40. The molecular formula is C16H15N3O4. The second kappa shape index (κ2) is 5.88. The van der Waals surface area contributed by atoms with Crippen LogP contribution in [0.2, 0.25) is 0 Å². The van der Waals surface area contributed by atoms with E-state index in [9.17, 15) is 14.7 Å². The molecule has 0 aliphatic heterocycles. The van der Waals surface area contributed by atoms with Gasteiger partial charge in [-0.2, -0.15) is 0 Å². The molecule has 23 heavy (non-hydrogen) atoms. The predicted octanol–water partition coefficient (Wildman–Crippen LogP) is 3.03. The summed E-state index contributed by atoms with van der Waals surface area (Å²) in [6, 6.07) is 9.33. The maximum Gasteiger partial charge on any atom is 0.417 e. The molecule has 0 aliphatic carbocycles. The van der Waals surface area contributed by atoms with Gasteiger partial charge in [-0.1, -0.05) is 13.0 Å². The predicted molar refractivity (Wildman–Crippen MR) is 87.0 cm³/mol. The Morgan fingerprint density at radius 2 is 2.04 bits per heavy atom. The Kier molecular flexibility index (Phi) is 3.76. The Balaban J connectivity index is 1.76. The standard InChI is InChI=1S/C16H15N3O4/c1-2-9-3-6-13(20)12(7-9)18-15(21)17-10-4-5-11-14(8-10)23-16(22)19-11/h3-8,20H,2H2,1H3,(H,19,22)(H2,17,18,21). The van der Waals surface area contributed by atoms with Crippen LogP contribution in [0.4, 0.5) is 16.2 Å². The SMILES string of the molecule is CCc1ccc(O)c(NC(=O)Nc2ccc3[nH]c(=O)oc3c2)c1. The number of aromatic amines is 1. The van der Waals surface area contributed by atoms with E-state index in [2.05, 4.69) is 15.6 Å². The van der Waals surface area contributed by atoms with Crippen LogP contribution < -0.4 is 16.4 Å². The van der Waals surface area contributed by atoms with E-state index in [1.54, 1.807) is 24.3 Å². The zero-order valence-corrected chi connectivity index (χ0v) is 12.3. The molecule has 7 nitrogen and oxygen atoms in total. The lowest BCUT2D eigenvalue weighted by atomic mass is 10.1. The highest BCUT2D eigenvalue weighted by Gasteiger charge is 2.09. The zero-order valence-electron chi connectivity index (χ0n) is 12.3. The summed E-state index contributed by atoms with van der Waals surface area (Å²) in [6.45, 7) is 1.98. The highest BCUT2D eigenvalue weighted by atomic mass is 16.4. The largest absolute Gasteiger partial charge is 0.506 e. The number of H-pyrrole nitrogens is 1. The number of rotatable bonds is 3. The lowest BCUT2D eigenvalue weighted by molar-refractivity contribution is 0.262. The molecule has 1 heterocycles. The van der Waals surface area contributed by atoms with Crippen LogP contribution in [-0.2, 0) is 6.42 Å². The van der Waals surface area contributed by atoms with Crippen LogP contribution in [0.5, 0.6) is 5.75 Å². The van der Waals surface area contributed by atoms with Crippen molar-refractivity contribution in [3.8, 4) is 5.75 Å². The Morgan fingerprint density at radius 3 is 2.83 bits per heavy atom.